The summed E-state index contributed by atoms with van der Waals surface area (Å²) in [7, 11) is 0. The molecule has 0 aliphatic heterocycles. The fourth-order valence-electron chi connectivity index (χ4n) is 0.347. The first-order valence-electron chi connectivity index (χ1n) is 3.14. The van der Waals surface area contributed by atoms with E-state index in [0.29, 0.717) is 0 Å². The molecule has 0 spiro atoms. The number of hydrogen-bond donors (Lipinski definition) is 0. The lowest BCUT2D eigenvalue weighted by molar-refractivity contribution is -0.147. The van der Waals surface area contributed by atoms with Crippen LogP contribution in [0.5, 0.6) is 0 Å². The summed E-state index contributed by atoms with van der Waals surface area (Å²) in [5.41, 5.74) is 0. The average molecular weight is 219 g/mol. The van der Waals surface area contributed by atoms with Crippen LogP contribution in [0.15, 0.2) is 0 Å². The minimum Gasteiger partial charge on any atom is -0.458 e. The van der Waals surface area contributed by atoms with E-state index in [1.165, 1.54) is 6.92 Å². The highest BCUT2D eigenvalue weighted by molar-refractivity contribution is 6.68. The van der Waals surface area contributed by atoms with Gasteiger partial charge in [-0.25, -0.2) is 0 Å². The van der Waals surface area contributed by atoms with E-state index in [1.807, 2.05) is 0 Å². The van der Waals surface area contributed by atoms with Crippen molar-refractivity contribution in [3.05, 3.63) is 0 Å². The van der Waals surface area contributed by atoms with Crippen LogP contribution in [0.2, 0.25) is 0 Å². The molecule has 5 heteroatoms. The topological polar surface area (TPSA) is 26.3 Å². The Hall–Kier alpha value is 0.340. The zero-order valence-electron chi connectivity index (χ0n) is 6.23. The highest BCUT2D eigenvalue weighted by Crippen LogP contribution is 2.31. The first-order chi connectivity index (χ1) is 4.88. The molecule has 0 aromatic carbocycles. The molecule has 2 nitrogen and oxygen atoms in total. The van der Waals surface area contributed by atoms with Gasteiger partial charge in [-0.2, -0.15) is 0 Å². The standard InChI is InChI=1S/C6H9Cl3O2/c1-3-5(10)11-4(2)6(7,8)9/h4H,3H2,1-2H3/t4-/m1/s1. The summed E-state index contributed by atoms with van der Waals surface area (Å²) in [6, 6.07) is 0. The Morgan fingerprint density at radius 2 is 2.00 bits per heavy atom. The van der Waals surface area contributed by atoms with Gasteiger partial charge in [-0.1, -0.05) is 41.7 Å². The van der Waals surface area contributed by atoms with E-state index < -0.39 is 9.90 Å². The van der Waals surface area contributed by atoms with Crippen molar-refractivity contribution in [3.8, 4) is 0 Å². The Bertz CT molecular complexity index is 141. The first kappa shape index (κ1) is 11.3. The average Bonchev–Trinajstić information content (AvgIpc) is 1.85. The molecule has 0 aromatic rings. The summed E-state index contributed by atoms with van der Waals surface area (Å²) in [6.07, 6.45) is -0.426. The summed E-state index contributed by atoms with van der Waals surface area (Å²) in [5, 5.41) is 0. The molecule has 0 radical (unpaired) electrons. The second kappa shape index (κ2) is 4.39. The van der Waals surface area contributed by atoms with Crippen molar-refractivity contribution in [1.82, 2.24) is 0 Å². The van der Waals surface area contributed by atoms with Crippen molar-refractivity contribution < 1.29 is 9.53 Å². The highest BCUT2D eigenvalue weighted by atomic mass is 35.6. The Morgan fingerprint density at radius 1 is 1.55 bits per heavy atom. The van der Waals surface area contributed by atoms with E-state index in [-0.39, 0.29) is 12.4 Å². The van der Waals surface area contributed by atoms with Crippen LogP contribution >= 0.6 is 34.8 Å². The van der Waals surface area contributed by atoms with Crippen LogP contribution in [0, 0.1) is 0 Å². The van der Waals surface area contributed by atoms with Gasteiger partial charge in [0, 0.05) is 6.42 Å². The molecule has 0 amide bonds. The van der Waals surface area contributed by atoms with Gasteiger partial charge in [0.05, 0.1) is 0 Å². The van der Waals surface area contributed by atoms with Gasteiger partial charge in [-0.3, -0.25) is 4.79 Å². The third kappa shape index (κ3) is 4.72. The van der Waals surface area contributed by atoms with Crippen LogP contribution < -0.4 is 0 Å². The SMILES string of the molecule is CCC(=O)O[C@H](C)C(Cl)(Cl)Cl. The summed E-state index contributed by atoms with van der Waals surface area (Å²) in [5.74, 6) is -0.371. The number of rotatable bonds is 2. The van der Waals surface area contributed by atoms with Gasteiger partial charge in [0.15, 0.2) is 0 Å². The van der Waals surface area contributed by atoms with Crippen molar-refractivity contribution in [3.63, 3.8) is 0 Å². The maximum absolute atomic E-state index is 10.7. The Kier molecular flexibility index (Phi) is 4.52. The number of hydrogen-bond acceptors (Lipinski definition) is 2. The van der Waals surface area contributed by atoms with Crippen molar-refractivity contribution in [2.45, 2.75) is 30.2 Å². The predicted octanol–water partition coefficient (Wildman–Crippen LogP) is 2.70. The Labute approximate surface area is 80.7 Å². The molecule has 0 aliphatic carbocycles. The molecule has 0 fully saturated rings. The number of carbonyl (C=O) groups is 1. The van der Waals surface area contributed by atoms with Crippen LogP contribution in [-0.2, 0) is 9.53 Å². The number of esters is 1. The largest absolute Gasteiger partial charge is 0.458 e. The molecule has 0 unspecified atom stereocenters. The van der Waals surface area contributed by atoms with Crippen molar-refractivity contribution in [2.75, 3.05) is 0 Å². The van der Waals surface area contributed by atoms with Gasteiger partial charge < -0.3 is 4.74 Å². The molecular weight excluding hydrogens is 210 g/mol. The number of carbonyl (C=O) groups excluding carboxylic acids is 1. The molecule has 0 bridgehead atoms. The number of halogens is 3. The minimum atomic E-state index is -1.54. The normalized spacial score (nSPS) is 14.3. The third-order valence-electron chi connectivity index (χ3n) is 1.06. The number of ether oxygens (including phenoxy) is 1. The molecule has 0 aliphatic rings. The van der Waals surface area contributed by atoms with E-state index in [1.54, 1.807) is 6.92 Å². The molecule has 1 atom stereocenters. The van der Waals surface area contributed by atoms with Crippen LogP contribution in [-0.4, -0.2) is 15.9 Å². The zero-order chi connectivity index (χ0) is 9.07. The van der Waals surface area contributed by atoms with E-state index in [0.717, 1.165) is 0 Å². The molecule has 0 heterocycles. The maximum Gasteiger partial charge on any atom is 0.305 e. The van der Waals surface area contributed by atoms with Gasteiger partial charge in [0.1, 0.15) is 6.10 Å². The van der Waals surface area contributed by atoms with Crippen molar-refractivity contribution >= 4 is 40.8 Å². The molecule has 0 saturated heterocycles. The summed E-state index contributed by atoms with van der Waals surface area (Å²) >= 11 is 16.3. The Morgan fingerprint density at radius 3 is 2.27 bits per heavy atom. The van der Waals surface area contributed by atoms with E-state index in [4.69, 9.17) is 39.5 Å². The van der Waals surface area contributed by atoms with E-state index >= 15 is 0 Å². The molecule has 66 valence electrons. The molecule has 11 heavy (non-hydrogen) atoms. The van der Waals surface area contributed by atoms with Gasteiger partial charge in [0.2, 0.25) is 3.79 Å². The Balaban J connectivity index is 3.87. The van der Waals surface area contributed by atoms with Crippen LogP contribution in [0.1, 0.15) is 20.3 Å². The van der Waals surface area contributed by atoms with Gasteiger partial charge in [0.25, 0.3) is 0 Å². The van der Waals surface area contributed by atoms with E-state index in [9.17, 15) is 4.79 Å². The van der Waals surface area contributed by atoms with Crippen LogP contribution in [0.4, 0.5) is 0 Å². The van der Waals surface area contributed by atoms with Gasteiger partial charge >= 0.3 is 5.97 Å². The lowest BCUT2D eigenvalue weighted by atomic mass is 10.4. The first-order valence-corrected chi connectivity index (χ1v) is 4.27. The summed E-state index contributed by atoms with van der Waals surface area (Å²) < 4.78 is 3.19. The predicted molar refractivity (Wildman–Crippen MR) is 46.1 cm³/mol. The lowest BCUT2D eigenvalue weighted by Crippen LogP contribution is -2.27. The van der Waals surface area contributed by atoms with E-state index in [2.05, 4.69) is 0 Å². The van der Waals surface area contributed by atoms with Crippen molar-refractivity contribution in [1.29, 1.82) is 0 Å². The third-order valence-corrected chi connectivity index (χ3v) is 1.98. The molecule has 0 saturated carbocycles. The quantitative estimate of drug-likeness (QED) is 0.527. The fraction of sp³-hybridized carbons (Fsp3) is 0.833. The fourth-order valence-corrected chi connectivity index (χ4v) is 0.481. The van der Waals surface area contributed by atoms with Gasteiger partial charge in [-0.15, -0.1) is 0 Å². The molecular formula is C6H9Cl3O2. The summed E-state index contributed by atoms with van der Waals surface area (Å²) in [4.78, 5) is 10.7. The maximum atomic E-state index is 10.7. The van der Waals surface area contributed by atoms with Crippen LogP contribution in [0.25, 0.3) is 0 Å². The minimum absolute atomic E-state index is 0.283. The second-order valence-corrected chi connectivity index (χ2v) is 4.40. The highest BCUT2D eigenvalue weighted by Gasteiger charge is 2.31. The van der Waals surface area contributed by atoms with Crippen LogP contribution in [0.3, 0.4) is 0 Å². The monoisotopic (exact) mass is 218 g/mol. The second-order valence-electron chi connectivity index (χ2n) is 2.03. The molecule has 0 N–H and O–H groups in total. The lowest BCUT2D eigenvalue weighted by Gasteiger charge is -2.19. The zero-order valence-corrected chi connectivity index (χ0v) is 8.50. The van der Waals surface area contributed by atoms with Crippen molar-refractivity contribution in [2.24, 2.45) is 0 Å². The number of alkyl halides is 3. The molecule has 0 rings (SSSR count). The van der Waals surface area contributed by atoms with Gasteiger partial charge in [-0.05, 0) is 6.92 Å². The smallest absolute Gasteiger partial charge is 0.305 e. The molecule has 0 aromatic heterocycles. The summed E-state index contributed by atoms with van der Waals surface area (Å²) in [6.45, 7) is 3.20.